The summed E-state index contributed by atoms with van der Waals surface area (Å²) in [5.74, 6) is 0.545. The summed E-state index contributed by atoms with van der Waals surface area (Å²) in [4.78, 5) is 0. The first kappa shape index (κ1) is 36.9. The van der Waals surface area contributed by atoms with Gasteiger partial charge in [0.1, 0.15) is 0 Å². The molecule has 0 nitrogen and oxygen atoms in total. The van der Waals surface area contributed by atoms with Gasteiger partial charge in [-0.2, -0.15) is 0 Å². The van der Waals surface area contributed by atoms with Crippen molar-refractivity contribution < 1.29 is 48.0 Å². The van der Waals surface area contributed by atoms with Gasteiger partial charge in [0.2, 0.25) is 0 Å². The minimum atomic E-state index is -0.926. The summed E-state index contributed by atoms with van der Waals surface area (Å²) in [7, 11) is -1.21. The molecule has 0 bridgehead atoms. The van der Waals surface area contributed by atoms with Gasteiger partial charge in [0.05, 0.1) is 0 Å². The molecule has 0 saturated heterocycles. The molecule has 6 aromatic rings. The minimum Gasteiger partial charge on any atom is -1.00 e. The largest absolute Gasteiger partial charge is 1.00 e. The molecule has 0 fully saturated rings. The van der Waals surface area contributed by atoms with E-state index in [1.54, 1.807) is 16.7 Å². The van der Waals surface area contributed by atoms with Gasteiger partial charge in [0.25, 0.3) is 0 Å². The molecule has 5 heteroatoms. The maximum atomic E-state index is 2.56. The summed E-state index contributed by atoms with van der Waals surface area (Å²) in [5, 5.41) is 8.52. The molecular formula is C45H38Cl2P2Zr. The molecule has 0 amide bonds. The van der Waals surface area contributed by atoms with Crippen molar-refractivity contribution >= 4 is 59.8 Å². The average molecular weight is 803 g/mol. The van der Waals surface area contributed by atoms with Crippen molar-refractivity contribution in [3.8, 4) is 0 Å². The zero-order valence-electron chi connectivity index (χ0n) is 28.1. The van der Waals surface area contributed by atoms with E-state index < -0.39 is 39.1 Å². The molecule has 2 aliphatic carbocycles. The van der Waals surface area contributed by atoms with Crippen molar-refractivity contribution in [2.45, 2.75) is 21.1 Å². The molecule has 0 aromatic heterocycles. The molecule has 0 heterocycles. The van der Waals surface area contributed by atoms with Crippen molar-refractivity contribution in [1.29, 1.82) is 0 Å². The maximum absolute atomic E-state index is 2.56. The van der Waals surface area contributed by atoms with Crippen LogP contribution in [0.2, 0.25) is 0 Å². The minimum absolute atomic E-state index is 0. The molecule has 8 rings (SSSR count). The monoisotopic (exact) mass is 800 g/mol. The molecule has 2 unspecified atom stereocenters. The fourth-order valence-electron chi connectivity index (χ4n) is 7.18. The Balaban J connectivity index is 0.00000216. The number of benzene rings is 6. The normalized spacial score (nSPS) is 15.6. The molecule has 0 saturated carbocycles. The third-order valence-electron chi connectivity index (χ3n) is 9.50. The number of hydrogen-bond acceptors (Lipinski definition) is 0. The molecule has 0 aliphatic heterocycles. The van der Waals surface area contributed by atoms with E-state index in [-0.39, 0.29) is 24.8 Å². The van der Waals surface area contributed by atoms with Gasteiger partial charge in [0, 0.05) is 0 Å². The van der Waals surface area contributed by atoms with Crippen molar-refractivity contribution in [2.24, 2.45) is 5.92 Å². The Morgan fingerprint density at radius 1 is 0.480 bits per heavy atom. The second-order valence-corrected chi connectivity index (χ2v) is 21.1. The Bertz CT molecular complexity index is 2020. The Morgan fingerprint density at radius 2 is 0.900 bits per heavy atom. The topological polar surface area (TPSA) is 0 Å². The van der Waals surface area contributed by atoms with Crippen LogP contribution in [0.25, 0.3) is 12.2 Å². The van der Waals surface area contributed by atoms with Crippen LogP contribution in [0.5, 0.6) is 0 Å². The smallest absolute Gasteiger partial charge is 1.00 e. The van der Waals surface area contributed by atoms with Gasteiger partial charge in [-0.1, -0.05) is 0 Å². The Hall–Kier alpha value is -2.88. The van der Waals surface area contributed by atoms with Gasteiger partial charge in [-0.15, -0.1) is 0 Å². The van der Waals surface area contributed by atoms with Gasteiger partial charge in [-0.05, 0) is 0 Å². The molecule has 2 atom stereocenters. The van der Waals surface area contributed by atoms with Gasteiger partial charge >= 0.3 is 302 Å². The first-order chi connectivity index (χ1) is 23.6. The molecule has 0 N–H and O–H groups in total. The second-order valence-electron chi connectivity index (χ2n) is 12.9. The van der Waals surface area contributed by atoms with E-state index in [2.05, 4.69) is 190 Å². The predicted octanol–water partition coefficient (Wildman–Crippen LogP) is 3.16. The van der Waals surface area contributed by atoms with Crippen LogP contribution in [0, 0.1) is 5.92 Å². The van der Waals surface area contributed by atoms with Gasteiger partial charge in [-0.3, -0.25) is 0 Å². The van der Waals surface area contributed by atoms with Crippen molar-refractivity contribution in [3.63, 3.8) is 0 Å². The summed E-state index contributed by atoms with van der Waals surface area (Å²) in [6.07, 6.45) is 7.54. The second kappa shape index (κ2) is 16.6. The first-order valence-corrected chi connectivity index (χ1v) is 22.4. The van der Waals surface area contributed by atoms with E-state index >= 15 is 0 Å². The van der Waals surface area contributed by atoms with Gasteiger partial charge in [-0.25, -0.2) is 0 Å². The maximum Gasteiger partial charge on any atom is -1.00 e. The van der Waals surface area contributed by atoms with Crippen molar-refractivity contribution in [1.82, 2.24) is 0 Å². The van der Waals surface area contributed by atoms with Crippen LogP contribution < -0.4 is 56.6 Å². The van der Waals surface area contributed by atoms with Crippen molar-refractivity contribution in [3.05, 3.63) is 192 Å². The number of rotatable bonds is 9. The standard InChI is InChI=1S/C24H22P.C21H16P.2ClH.Zr/c1-18(2)20-15-19-13-14-24(17-21(19)16-20)25(22-9-5-3-6-10-22)23-11-7-4-8-12-23;1-3-10-19(11-4-1)22(20-12-5-2-6-13-20)21-15-14-17-8-7-9-18(17)16-21;;;/h3-18H,1-2H3;1-16H;2*1H;/q;;;;+2/p-2. The molecule has 246 valence electrons. The van der Waals surface area contributed by atoms with Crippen LogP contribution in [0.3, 0.4) is 0 Å². The number of fused-ring (bicyclic) bond motifs is 2. The van der Waals surface area contributed by atoms with Crippen LogP contribution in [0.4, 0.5) is 0 Å². The third kappa shape index (κ3) is 7.51. The number of hydrogen-bond donors (Lipinski definition) is 0. The number of allylic oxidation sites excluding steroid dienone is 2. The predicted molar refractivity (Wildman–Crippen MR) is 208 cm³/mol. The zero-order valence-corrected chi connectivity index (χ0v) is 33.9. The fraction of sp³-hybridized carbons (Fsp3) is 0.111. The Morgan fingerprint density at radius 3 is 1.34 bits per heavy atom. The molecule has 0 radical (unpaired) electrons. The van der Waals surface area contributed by atoms with Crippen molar-refractivity contribution in [2.75, 3.05) is 0 Å². The SMILES string of the molecule is CC(C)C1=Cc2cc(P(c3ccccc3)c3ccccc3)ccc2[CH]1[Zr+2][CH]1C=Cc2cc(P(c3ccccc3)c3ccccc3)ccc21.[Cl-].[Cl-]. The van der Waals surface area contributed by atoms with Crippen LogP contribution in [-0.2, 0) is 23.2 Å². The average Bonchev–Trinajstić information content (AvgIpc) is 3.71. The summed E-state index contributed by atoms with van der Waals surface area (Å²) in [6, 6.07) is 59.2. The first-order valence-electron chi connectivity index (χ1n) is 16.9. The van der Waals surface area contributed by atoms with E-state index in [0.717, 1.165) is 0 Å². The van der Waals surface area contributed by atoms with Gasteiger partial charge in [0.15, 0.2) is 0 Å². The van der Waals surface area contributed by atoms with E-state index in [1.807, 2.05) is 0 Å². The van der Waals surface area contributed by atoms with Gasteiger partial charge < -0.3 is 24.8 Å². The third-order valence-corrected chi connectivity index (χ3v) is 18.9. The Kier molecular flexibility index (Phi) is 12.3. The van der Waals surface area contributed by atoms with Crippen LogP contribution in [0.15, 0.2) is 169 Å². The summed E-state index contributed by atoms with van der Waals surface area (Å²) < 4.78 is 1.18. The summed E-state index contributed by atoms with van der Waals surface area (Å²) in [6.45, 7) is 4.79. The Labute approximate surface area is 324 Å². The molecule has 2 aliphatic rings. The molecule has 0 spiro atoms. The quantitative estimate of drug-likeness (QED) is 0.198. The van der Waals surface area contributed by atoms with E-state index in [9.17, 15) is 0 Å². The molecular weight excluding hydrogens is 765 g/mol. The van der Waals surface area contributed by atoms with E-state index in [1.165, 1.54) is 43.0 Å². The van der Waals surface area contributed by atoms with E-state index in [0.29, 0.717) is 13.2 Å². The molecule has 6 aromatic carbocycles. The van der Waals surface area contributed by atoms with Crippen LogP contribution in [0.1, 0.15) is 43.4 Å². The summed E-state index contributed by atoms with van der Waals surface area (Å²) in [5.41, 5.74) is 7.65. The van der Waals surface area contributed by atoms with Crippen LogP contribution >= 0.6 is 15.8 Å². The van der Waals surface area contributed by atoms with E-state index in [4.69, 9.17) is 0 Å². The fourth-order valence-corrected chi connectivity index (χ4v) is 16.9. The number of halogens is 2. The zero-order chi connectivity index (χ0) is 32.5. The summed E-state index contributed by atoms with van der Waals surface area (Å²) >= 11 is -0.926. The molecule has 50 heavy (non-hydrogen) atoms. The van der Waals surface area contributed by atoms with Crippen LogP contribution in [-0.4, -0.2) is 0 Å².